The summed E-state index contributed by atoms with van der Waals surface area (Å²) < 4.78 is 5.22. The molecular weight excluding hydrogens is 416 g/mol. The fraction of sp³-hybridized carbons (Fsp3) is 0.138. The highest BCUT2D eigenvalue weighted by Gasteiger charge is 2.50. The van der Waals surface area contributed by atoms with E-state index in [-0.39, 0.29) is 6.71 Å². The Morgan fingerprint density at radius 1 is 0.727 bits per heavy atom. The number of aryl methyl sites for hydroxylation is 3. The molecule has 1 nitrogen and oxygen atoms in total. The first-order valence-corrected chi connectivity index (χ1v) is 12.6. The number of benzene rings is 4. The van der Waals surface area contributed by atoms with Gasteiger partial charge in [-0.25, -0.2) is 0 Å². The van der Waals surface area contributed by atoms with Crippen LogP contribution in [0.5, 0.6) is 0 Å². The molecule has 1 aromatic heterocycles. The molecule has 0 aliphatic carbocycles. The van der Waals surface area contributed by atoms with Crippen molar-refractivity contribution >= 4 is 78.6 Å². The summed E-state index contributed by atoms with van der Waals surface area (Å²) >= 11 is 1.94. The zero-order valence-corrected chi connectivity index (χ0v) is 20.3. The van der Waals surface area contributed by atoms with E-state index in [1.165, 1.54) is 69.7 Å². The molecule has 4 aromatic carbocycles. The highest BCUT2D eigenvalue weighted by atomic mass is 32.1. The zero-order chi connectivity index (χ0) is 22.4. The second kappa shape index (κ2) is 6.71. The Morgan fingerprint density at radius 2 is 1.48 bits per heavy atom. The molecule has 0 fully saturated rings. The van der Waals surface area contributed by atoms with Crippen molar-refractivity contribution in [3.8, 4) is 0 Å². The molecule has 2 aliphatic rings. The maximum absolute atomic E-state index is 2.44. The van der Waals surface area contributed by atoms with Crippen LogP contribution in [0.4, 0.5) is 0 Å². The van der Waals surface area contributed by atoms with Crippen molar-refractivity contribution in [1.82, 2.24) is 0 Å². The van der Waals surface area contributed by atoms with Gasteiger partial charge in [0.1, 0.15) is 13.3 Å². The SMILES string of the molecule is Cc1cccc2c1B1c3c(cccc3B2c2c(C)cc3c(sc4ccccc43)c2C)C=[N+]1C. The van der Waals surface area contributed by atoms with E-state index < -0.39 is 0 Å². The average Bonchev–Trinajstić information content (AvgIpc) is 3.34. The molecule has 0 saturated carbocycles. The van der Waals surface area contributed by atoms with Crippen molar-refractivity contribution in [2.75, 3.05) is 7.05 Å². The molecule has 0 saturated heterocycles. The number of fused-ring (bicyclic) bond motifs is 5. The average molecular weight is 440 g/mol. The van der Waals surface area contributed by atoms with E-state index in [4.69, 9.17) is 0 Å². The fourth-order valence-electron chi connectivity index (χ4n) is 6.58. The number of nitrogens with zero attached hydrogens (tertiary/aromatic N) is 1. The van der Waals surface area contributed by atoms with Crippen molar-refractivity contribution in [2.45, 2.75) is 20.8 Å². The third-order valence-corrected chi connectivity index (χ3v) is 9.21. The zero-order valence-electron chi connectivity index (χ0n) is 19.4. The predicted molar refractivity (Wildman–Crippen MR) is 147 cm³/mol. The van der Waals surface area contributed by atoms with E-state index in [1.54, 1.807) is 0 Å². The van der Waals surface area contributed by atoms with E-state index in [1.807, 2.05) is 11.3 Å². The van der Waals surface area contributed by atoms with Crippen molar-refractivity contribution in [2.24, 2.45) is 0 Å². The lowest BCUT2D eigenvalue weighted by atomic mass is 9.24. The molecule has 4 heteroatoms. The molecular formula is C29H24B2NS+. The van der Waals surface area contributed by atoms with Gasteiger partial charge in [-0.3, -0.25) is 0 Å². The van der Waals surface area contributed by atoms with Gasteiger partial charge in [-0.15, -0.1) is 11.3 Å². The van der Waals surface area contributed by atoms with Crippen LogP contribution >= 0.6 is 11.3 Å². The van der Waals surface area contributed by atoms with E-state index >= 15 is 0 Å². The highest BCUT2D eigenvalue weighted by Crippen LogP contribution is 2.36. The molecule has 7 rings (SSSR count). The van der Waals surface area contributed by atoms with Gasteiger partial charge in [0.15, 0.2) is 0 Å². The maximum Gasteiger partial charge on any atom is 0.553 e. The molecule has 2 aliphatic heterocycles. The summed E-state index contributed by atoms with van der Waals surface area (Å²) in [6, 6.07) is 25.1. The topological polar surface area (TPSA) is 3.01 Å². The van der Waals surface area contributed by atoms with Gasteiger partial charge in [-0.05, 0) is 44.0 Å². The molecule has 33 heavy (non-hydrogen) atoms. The van der Waals surface area contributed by atoms with Gasteiger partial charge in [-0.2, -0.15) is 0 Å². The Morgan fingerprint density at radius 3 is 2.33 bits per heavy atom. The third kappa shape index (κ3) is 2.48. The van der Waals surface area contributed by atoms with Gasteiger partial charge in [-0.1, -0.05) is 76.5 Å². The van der Waals surface area contributed by atoms with Gasteiger partial charge in [0, 0.05) is 36.7 Å². The first-order chi connectivity index (χ1) is 16.0. The molecule has 0 amide bonds. The Kier molecular flexibility index (Phi) is 3.94. The molecule has 3 heterocycles. The van der Waals surface area contributed by atoms with Gasteiger partial charge in [0.05, 0.1) is 0 Å². The predicted octanol–water partition coefficient (Wildman–Crippen LogP) is 2.99. The summed E-state index contributed by atoms with van der Waals surface area (Å²) in [6.45, 7) is 7.53. The smallest absolute Gasteiger partial charge is 0.315 e. The van der Waals surface area contributed by atoms with Crippen LogP contribution < -0.4 is 27.3 Å². The number of thiophene rings is 1. The Balaban J connectivity index is 1.59. The third-order valence-electron chi connectivity index (χ3n) is 7.90. The molecule has 0 unspecified atom stereocenters. The van der Waals surface area contributed by atoms with E-state index in [0.717, 1.165) is 0 Å². The van der Waals surface area contributed by atoms with Crippen LogP contribution in [-0.4, -0.2) is 31.3 Å². The first-order valence-electron chi connectivity index (χ1n) is 11.7. The number of hydrogen-bond acceptors (Lipinski definition) is 1. The van der Waals surface area contributed by atoms with Crippen LogP contribution in [0.2, 0.25) is 0 Å². The van der Waals surface area contributed by atoms with E-state index in [0.29, 0.717) is 6.85 Å². The minimum Gasteiger partial charge on any atom is -0.315 e. The molecule has 0 atom stereocenters. The standard InChI is InChI=1S/C29H24B2NS/c1-17-9-7-12-23-27(17)31-28-20(16-32(31)4)10-8-13-24(28)30(23)26-18(2)15-22-21-11-5-6-14-25(21)33-29(22)19(26)3/h5-16H,1-4H3/q+1. The second-order valence-corrected chi connectivity index (χ2v) is 10.8. The van der Waals surface area contributed by atoms with Crippen LogP contribution in [0.25, 0.3) is 20.2 Å². The Hall–Kier alpha value is -3.10. The van der Waals surface area contributed by atoms with E-state index in [9.17, 15) is 0 Å². The molecule has 0 N–H and O–H groups in total. The lowest BCUT2D eigenvalue weighted by Gasteiger charge is -2.29. The van der Waals surface area contributed by atoms with Gasteiger partial charge in [0.25, 0.3) is 0 Å². The van der Waals surface area contributed by atoms with Gasteiger partial charge in [0.2, 0.25) is 6.71 Å². The van der Waals surface area contributed by atoms with Crippen LogP contribution in [-0.2, 0) is 0 Å². The first kappa shape index (κ1) is 19.4. The summed E-state index contributed by atoms with van der Waals surface area (Å²) in [6.07, 6.45) is 2.33. The van der Waals surface area contributed by atoms with Crippen molar-refractivity contribution < 1.29 is 4.49 Å². The van der Waals surface area contributed by atoms with E-state index in [2.05, 4.69) is 105 Å². The summed E-state index contributed by atoms with van der Waals surface area (Å²) in [5.41, 5.74) is 13.0. The van der Waals surface area contributed by atoms with Crippen LogP contribution in [0.1, 0.15) is 22.3 Å². The minimum atomic E-state index is 0.264. The number of hydrogen-bond donors (Lipinski definition) is 0. The minimum absolute atomic E-state index is 0.264. The van der Waals surface area contributed by atoms with Crippen molar-refractivity contribution in [1.29, 1.82) is 0 Å². The molecule has 5 aromatic rings. The fourth-order valence-corrected chi connectivity index (χ4v) is 7.77. The van der Waals surface area contributed by atoms with Crippen molar-refractivity contribution in [3.05, 3.63) is 89.0 Å². The summed E-state index contributed by atoms with van der Waals surface area (Å²) in [4.78, 5) is 0. The quantitative estimate of drug-likeness (QED) is 0.353. The molecule has 156 valence electrons. The normalized spacial score (nSPS) is 14.1. The van der Waals surface area contributed by atoms with Crippen LogP contribution in [0.3, 0.4) is 0 Å². The van der Waals surface area contributed by atoms with Crippen LogP contribution in [0.15, 0.2) is 66.7 Å². The lowest BCUT2D eigenvalue weighted by Crippen LogP contribution is -2.74. The summed E-state index contributed by atoms with van der Waals surface area (Å²) in [5, 5.41) is 2.78. The number of rotatable bonds is 1. The lowest BCUT2D eigenvalue weighted by molar-refractivity contribution is -0.338. The largest absolute Gasteiger partial charge is 0.553 e. The second-order valence-electron chi connectivity index (χ2n) is 9.77. The van der Waals surface area contributed by atoms with Gasteiger partial charge < -0.3 is 4.49 Å². The van der Waals surface area contributed by atoms with Gasteiger partial charge >= 0.3 is 6.85 Å². The summed E-state index contributed by atoms with van der Waals surface area (Å²) in [7, 11) is 2.23. The Labute approximate surface area is 199 Å². The maximum atomic E-state index is 2.44. The molecule has 0 spiro atoms. The monoisotopic (exact) mass is 440 g/mol. The van der Waals surface area contributed by atoms with Crippen LogP contribution in [0, 0.1) is 20.8 Å². The summed E-state index contributed by atoms with van der Waals surface area (Å²) in [5.74, 6) is 0. The highest BCUT2D eigenvalue weighted by molar-refractivity contribution is 7.26. The molecule has 0 radical (unpaired) electrons. The Bertz CT molecular complexity index is 1680. The van der Waals surface area contributed by atoms with Crippen molar-refractivity contribution in [3.63, 3.8) is 0 Å². The molecule has 0 bridgehead atoms.